The molecule has 1 N–H and O–H groups in total. The van der Waals surface area contributed by atoms with Gasteiger partial charge in [0, 0.05) is 10.5 Å². The lowest BCUT2D eigenvalue weighted by Gasteiger charge is -2.07. The molecule has 0 saturated heterocycles. The first-order chi connectivity index (χ1) is 8.95. The molecule has 0 aromatic heterocycles. The molecule has 2 aromatic rings. The van der Waals surface area contributed by atoms with Crippen molar-refractivity contribution < 1.29 is 23.4 Å². The molecule has 0 radical (unpaired) electrons. The van der Waals surface area contributed by atoms with Crippen molar-refractivity contribution in [3.63, 3.8) is 0 Å². The predicted octanol–water partition coefficient (Wildman–Crippen LogP) is 4.22. The van der Waals surface area contributed by atoms with E-state index in [2.05, 4.69) is 15.9 Å². The van der Waals surface area contributed by atoms with E-state index >= 15 is 0 Å². The topological polar surface area (TPSA) is 46.5 Å². The van der Waals surface area contributed by atoms with Gasteiger partial charge in [-0.3, -0.25) is 0 Å². The van der Waals surface area contributed by atoms with Gasteiger partial charge >= 0.3 is 5.97 Å². The summed E-state index contributed by atoms with van der Waals surface area (Å²) in [6.45, 7) is 0. The maximum Gasteiger partial charge on any atom is 0.335 e. The van der Waals surface area contributed by atoms with E-state index in [0.717, 1.165) is 12.1 Å². The molecule has 19 heavy (non-hydrogen) atoms. The molecule has 0 heterocycles. The summed E-state index contributed by atoms with van der Waals surface area (Å²) >= 11 is 3.14. The third kappa shape index (κ3) is 3.29. The van der Waals surface area contributed by atoms with E-state index in [1.165, 1.54) is 24.3 Å². The molecule has 98 valence electrons. The molecule has 0 fully saturated rings. The van der Waals surface area contributed by atoms with Crippen molar-refractivity contribution in [2.45, 2.75) is 0 Å². The van der Waals surface area contributed by atoms with Crippen LogP contribution in [0.3, 0.4) is 0 Å². The first-order valence-electron chi connectivity index (χ1n) is 5.12. The summed E-state index contributed by atoms with van der Waals surface area (Å²) in [7, 11) is 0. The van der Waals surface area contributed by atoms with Crippen molar-refractivity contribution in [2.75, 3.05) is 0 Å². The van der Waals surface area contributed by atoms with Crippen LogP contribution in [0.4, 0.5) is 8.78 Å². The summed E-state index contributed by atoms with van der Waals surface area (Å²) in [6.07, 6.45) is 0. The lowest BCUT2D eigenvalue weighted by atomic mass is 10.2. The van der Waals surface area contributed by atoms with E-state index in [1.54, 1.807) is 0 Å². The first kappa shape index (κ1) is 13.5. The second kappa shape index (κ2) is 5.36. The van der Waals surface area contributed by atoms with Gasteiger partial charge < -0.3 is 9.84 Å². The summed E-state index contributed by atoms with van der Waals surface area (Å²) in [4.78, 5) is 10.9. The fourth-order valence-corrected chi connectivity index (χ4v) is 1.89. The highest BCUT2D eigenvalue weighted by Crippen LogP contribution is 2.27. The number of hydrogen-bond donors (Lipinski definition) is 1. The lowest BCUT2D eigenvalue weighted by molar-refractivity contribution is 0.0696. The van der Waals surface area contributed by atoms with Crippen molar-refractivity contribution in [3.05, 3.63) is 58.1 Å². The predicted molar refractivity (Wildman–Crippen MR) is 67.5 cm³/mol. The summed E-state index contributed by atoms with van der Waals surface area (Å²) in [5.74, 6) is -2.85. The average Bonchev–Trinajstić information content (AvgIpc) is 2.33. The number of benzene rings is 2. The Labute approximate surface area is 115 Å². The second-order valence-electron chi connectivity index (χ2n) is 3.66. The minimum atomic E-state index is -1.11. The molecular weight excluding hydrogens is 322 g/mol. The van der Waals surface area contributed by atoms with Crippen LogP contribution in [0, 0.1) is 11.6 Å². The number of aromatic carboxylic acids is 1. The highest BCUT2D eigenvalue weighted by atomic mass is 79.9. The van der Waals surface area contributed by atoms with Crippen molar-refractivity contribution >= 4 is 21.9 Å². The maximum atomic E-state index is 13.0. The number of halogens is 3. The van der Waals surface area contributed by atoms with Gasteiger partial charge in [0.25, 0.3) is 0 Å². The Morgan fingerprint density at radius 1 is 1.05 bits per heavy atom. The number of ether oxygens (including phenoxy) is 1. The zero-order chi connectivity index (χ0) is 14.0. The minimum Gasteiger partial charge on any atom is -0.478 e. The summed E-state index contributed by atoms with van der Waals surface area (Å²) in [5, 5.41) is 8.89. The fourth-order valence-electron chi connectivity index (χ4n) is 1.42. The summed E-state index contributed by atoms with van der Waals surface area (Å²) < 4.78 is 31.6. The molecule has 0 spiro atoms. The summed E-state index contributed by atoms with van der Waals surface area (Å²) in [5.41, 5.74) is 0.0203. The molecule has 0 unspecified atom stereocenters. The zero-order valence-electron chi connectivity index (χ0n) is 9.36. The van der Waals surface area contributed by atoms with E-state index in [1.807, 2.05) is 0 Å². The van der Waals surface area contributed by atoms with Crippen LogP contribution >= 0.6 is 15.9 Å². The SMILES string of the molecule is O=C(O)c1cc(Br)cc(Oc2ccc(F)c(F)c2)c1. The molecule has 2 aromatic carbocycles. The van der Waals surface area contributed by atoms with Crippen molar-refractivity contribution in [1.82, 2.24) is 0 Å². The van der Waals surface area contributed by atoms with Gasteiger partial charge in [-0.25, -0.2) is 13.6 Å². The highest BCUT2D eigenvalue weighted by molar-refractivity contribution is 9.10. The Kier molecular flexibility index (Phi) is 3.80. The molecule has 0 aliphatic carbocycles. The molecule has 0 saturated carbocycles. The van der Waals surface area contributed by atoms with E-state index < -0.39 is 17.6 Å². The van der Waals surface area contributed by atoms with Crippen LogP contribution in [-0.4, -0.2) is 11.1 Å². The molecule has 2 rings (SSSR count). The van der Waals surface area contributed by atoms with Crippen LogP contribution in [0.1, 0.15) is 10.4 Å². The molecule has 0 atom stereocenters. The fraction of sp³-hybridized carbons (Fsp3) is 0. The minimum absolute atomic E-state index is 0.0203. The lowest BCUT2D eigenvalue weighted by Crippen LogP contribution is -1.97. The van der Waals surface area contributed by atoms with Crippen LogP contribution in [0.2, 0.25) is 0 Å². The smallest absolute Gasteiger partial charge is 0.335 e. The number of rotatable bonds is 3. The van der Waals surface area contributed by atoms with Gasteiger partial charge in [0.2, 0.25) is 0 Å². The first-order valence-corrected chi connectivity index (χ1v) is 5.92. The quantitative estimate of drug-likeness (QED) is 0.917. The van der Waals surface area contributed by atoms with Crippen LogP contribution in [0.15, 0.2) is 40.9 Å². The van der Waals surface area contributed by atoms with Crippen LogP contribution in [-0.2, 0) is 0 Å². The van der Waals surface area contributed by atoms with Gasteiger partial charge in [-0.2, -0.15) is 0 Å². The Hall–Kier alpha value is -1.95. The molecule has 0 bridgehead atoms. The van der Waals surface area contributed by atoms with Gasteiger partial charge in [0.1, 0.15) is 11.5 Å². The van der Waals surface area contributed by atoms with Crippen molar-refractivity contribution in [3.8, 4) is 11.5 Å². The molecular formula is C13H7BrF2O3. The Bertz CT molecular complexity index is 644. The monoisotopic (exact) mass is 328 g/mol. The Morgan fingerprint density at radius 2 is 1.79 bits per heavy atom. The maximum absolute atomic E-state index is 13.0. The Morgan fingerprint density at radius 3 is 2.42 bits per heavy atom. The molecule has 0 aliphatic heterocycles. The van der Waals surface area contributed by atoms with Crippen molar-refractivity contribution in [2.24, 2.45) is 0 Å². The van der Waals surface area contributed by atoms with Crippen molar-refractivity contribution in [1.29, 1.82) is 0 Å². The largest absolute Gasteiger partial charge is 0.478 e. The van der Waals surface area contributed by atoms with Crippen LogP contribution < -0.4 is 4.74 Å². The number of carbonyl (C=O) groups is 1. The standard InChI is InChI=1S/C13H7BrF2O3/c14-8-3-7(13(17)18)4-10(5-8)19-9-1-2-11(15)12(16)6-9/h1-6H,(H,17,18). The van der Waals surface area contributed by atoms with E-state index in [0.29, 0.717) is 4.47 Å². The van der Waals surface area contributed by atoms with Crippen LogP contribution in [0.5, 0.6) is 11.5 Å². The van der Waals surface area contributed by atoms with Crippen LogP contribution in [0.25, 0.3) is 0 Å². The van der Waals surface area contributed by atoms with E-state index in [4.69, 9.17) is 9.84 Å². The summed E-state index contributed by atoms with van der Waals surface area (Å²) in [6, 6.07) is 7.28. The molecule has 6 heteroatoms. The Balaban J connectivity index is 2.32. The average molecular weight is 329 g/mol. The van der Waals surface area contributed by atoms with Gasteiger partial charge in [-0.1, -0.05) is 15.9 Å². The van der Waals surface area contributed by atoms with Gasteiger partial charge in [0.05, 0.1) is 5.56 Å². The highest BCUT2D eigenvalue weighted by Gasteiger charge is 2.09. The number of carboxylic acid groups (broad SMARTS) is 1. The van der Waals surface area contributed by atoms with Gasteiger partial charge in [0.15, 0.2) is 11.6 Å². The zero-order valence-corrected chi connectivity index (χ0v) is 10.9. The second-order valence-corrected chi connectivity index (χ2v) is 4.57. The van der Waals surface area contributed by atoms with E-state index in [9.17, 15) is 13.6 Å². The van der Waals surface area contributed by atoms with E-state index in [-0.39, 0.29) is 17.1 Å². The molecule has 0 amide bonds. The normalized spacial score (nSPS) is 10.3. The number of carboxylic acids is 1. The van der Waals surface area contributed by atoms with Gasteiger partial charge in [-0.15, -0.1) is 0 Å². The molecule has 0 aliphatic rings. The third-order valence-electron chi connectivity index (χ3n) is 2.25. The van der Waals surface area contributed by atoms with Gasteiger partial charge in [-0.05, 0) is 30.3 Å². The third-order valence-corrected chi connectivity index (χ3v) is 2.70. The molecule has 3 nitrogen and oxygen atoms in total. The number of hydrogen-bond acceptors (Lipinski definition) is 2.